The highest BCUT2D eigenvalue weighted by molar-refractivity contribution is 4.87. The van der Waals surface area contributed by atoms with Crippen molar-refractivity contribution in [3.63, 3.8) is 0 Å². The maximum atomic E-state index is 3.61. The Morgan fingerprint density at radius 1 is 1.20 bits per heavy atom. The van der Waals surface area contributed by atoms with E-state index in [2.05, 4.69) is 51.8 Å². The molecule has 0 radical (unpaired) electrons. The molecule has 0 spiro atoms. The van der Waals surface area contributed by atoms with Crippen LogP contribution in [-0.4, -0.2) is 36.6 Å². The van der Waals surface area contributed by atoms with Crippen LogP contribution in [0.4, 0.5) is 0 Å². The number of nitrogens with zero attached hydrogens (tertiary/aromatic N) is 1. The molecule has 2 heteroatoms. The lowest BCUT2D eigenvalue weighted by Crippen LogP contribution is -2.57. The topological polar surface area (TPSA) is 15.3 Å². The molecule has 0 bridgehead atoms. The highest BCUT2D eigenvalue weighted by Crippen LogP contribution is 2.25. The van der Waals surface area contributed by atoms with Crippen LogP contribution < -0.4 is 5.32 Å². The molecular formula is C13H28N2. The van der Waals surface area contributed by atoms with E-state index in [9.17, 15) is 0 Å². The average molecular weight is 212 g/mol. The van der Waals surface area contributed by atoms with Gasteiger partial charge in [-0.3, -0.25) is 4.90 Å². The summed E-state index contributed by atoms with van der Waals surface area (Å²) in [5.41, 5.74) is 0.388. The molecule has 2 unspecified atom stereocenters. The third-order valence-corrected chi connectivity index (χ3v) is 3.84. The lowest BCUT2D eigenvalue weighted by atomic mass is 9.86. The van der Waals surface area contributed by atoms with Gasteiger partial charge in [0.15, 0.2) is 0 Å². The highest BCUT2D eigenvalue weighted by Gasteiger charge is 2.30. The molecule has 15 heavy (non-hydrogen) atoms. The van der Waals surface area contributed by atoms with Crippen LogP contribution in [0, 0.1) is 11.3 Å². The Morgan fingerprint density at radius 2 is 1.80 bits per heavy atom. The van der Waals surface area contributed by atoms with Gasteiger partial charge in [0, 0.05) is 31.7 Å². The Kier molecular flexibility index (Phi) is 4.19. The van der Waals surface area contributed by atoms with Gasteiger partial charge < -0.3 is 5.32 Å². The monoisotopic (exact) mass is 212 g/mol. The molecule has 0 aliphatic carbocycles. The Hall–Kier alpha value is -0.0800. The van der Waals surface area contributed by atoms with E-state index in [0.717, 1.165) is 12.5 Å². The van der Waals surface area contributed by atoms with Crippen LogP contribution in [0.15, 0.2) is 0 Å². The first-order valence-electron chi connectivity index (χ1n) is 6.30. The van der Waals surface area contributed by atoms with Crippen molar-refractivity contribution >= 4 is 0 Å². The molecule has 1 aliphatic rings. The van der Waals surface area contributed by atoms with Gasteiger partial charge in [-0.15, -0.1) is 0 Å². The van der Waals surface area contributed by atoms with Crippen molar-refractivity contribution in [3.05, 3.63) is 0 Å². The van der Waals surface area contributed by atoms with Gasteiger partial charge in [0.25, 0.3) is 0 Å². The van der Waals surface area contributed by atoms with Gasteiger partial charge in [-0.25, -0.2) is 0 Å². The molecule has 0 amide bonds. The molecule has 0 aromatic heterocycles. The van der Waals surface area contributed by atoms with E-state index in [1.165, 1.54) is 13.1 Å². The summed E-state index contributed by atoms with van der Waals surface area (Å²) < 4.78 is 0. The summed E-state index contributed by atoms with van der Waals surface area (Å²) in [5.74, 6) is 0.736. The van der Waals surface area contributed by atoms with Gasteiger partial charge in [-0.2, -0.15) is 0 Å². The number of piperazine rings is 1. The molecule has 1 saturated heterocycles. The van der Waals surface area contributed by atoms with E-state index < -0.39 is 0 Å². The molecule has 90 valence electrons. The fraction of sp³-hybridized carbons (Fsp3) is 1.00. The highest BCUT2D eigenvalue weighted by atomic mass is 15.2. The van der Waals surface area contributed by atoms with E-state index in [1.807, 2.05) is 0 Å². The fourth-order valence-corrected chi connectivity index (χ4v) is 2.15. The molecule has 2 atom stereocenters. The van der Waals surface area contributed by atoms with Crippen LogP contribution in [0.3, 0.4) is 0 Å². The number of rotatable bonds is 2. The van der Waals surface area contributed by atoms with E-state index >= 15 is 0 Å². The van der Waals surface area contributed by atoms with Gasteiger partial charge in [-0.1, -0.05) is 34.6 Å². The molecule has 1 rings (SSSR count). The summed E-state index contributed by atoms with van der Waals surface area (Å²) in [6.07, 6.45) is 0. The number of hydrogen-bond donors (Lipinski definition) is 1. The first-order valence-corrected chi connectivity index (χ1v) is 6.30. The number of hydrogen-bond acceptors (Lipinski definition) is 2. The lowest BCUT2D eigenvalue weighted by Gasteiger charge is -2.43. The third kappa shape index (κ3) is 3.46. The van der Waals surface area contributed by atoms with Gasteiger partial charge in [-0.05, 0) is 18.3 Å². The Morgan fingerprint density at radius 3 is 2.27 bits per heavy atom. The minimum atomic E-state index is 0.388. The zero-order valence-corrected chi connectivity index (χ0v) is 11.3. The third-order valence-electron chi connectivity index (χ3n) is 3.84. The quantitative estimate of drug-likeness (QED) is 0.756. The number of nitrogens with one attached hydrogen (secondary N) is 1. The Bertz CT molecular complexity index is 193. The Labute approximate surface area is 95.4 Å². The van der Waals surface area contributed by atoms with Gasteiger partial charge in [0.05, 0.1) is 0 Å². The minimum absolute atomic E-state index is 0.388. The van der Waals surface area contributed by atoms with Crippen molar-refractivity contribution in [2.45, 2.75) is 53.6 Å². The minimum Gasteiger partial charge on any atom is -0.311 e. The molecule has 1 heterocycles. The van der Waals surface area contributed by atoms with Crippen molar-refractivity contribution in [2.24, 2.45) is 11.3 Å². The summed E-state index contributed by atoms with van der Waals surface area (Å²) in [6, 6.07) is 1.34. The van der Waals surface area contributed by atoms with Crippen molar-refractivity contribution in [1.82, 2.24) is 10.2 Å². The predicted molar refractivity (Wildman–Crippen MR) is 67.1 cm³/mol. The van der Waals surface area contributed by atoms with E-state index in [4.69, 9.17) is 0 Å². The molecule has 0 saturated carbocycles. The van der Waals surface area contributed by atoms with Crippen LogP contribution >= 0.6 is 0 Å². The maximum absolute atomic E-state index is 3.61. The van der Waals surface area contributed by atoms with Crippen LogP contribution in [-0.2, 0) is 0 Å². The summed E-state index contributed by atoms with van der Waals surface area (Å²) >= 11 is 0. The molecule has 1 N–H and O–H groups in total. The molecule has 1 fully saturated rings. The van der Waals surface area contributed by atoms with Crippen molar-refractivity contribution in [3.8, 4) is 0 Å². The van der Waals surface area contributed by atoms with E-state index in [-0.39, 0.29) is 0 Å². The second-order valence-corrected chi connectivity index (χ2v) is 6.34. The second-order valence-electron chi connectivity index (χ2n) is 6.34. The van der Waals surface area contributed by atoms with Gasteiger partial charge in [0.1, 0.15) is 0 Å². The summed E-state index contributed by atoms with van der Waals surface area (Å²) in [5, 5.41) is 3.61. The molecular weight excluding hydrogens is 184 g/mol. The van der Waals surface area contributed by atoms with Crippen LogP contribution in [0.1, 0.15) is 41.5 Å². The molecule has 1 aliphatic heterocycles. The summed E-state index contributed by atoms with van der Waals surface area (Å²) in [7, 11) is 0. The molecule has 0 aromatic carbocycles. The SMILES string of the molecule is CC(C)C1CN(C(C)C(C)(C)C)CCN1. The zero-order valence-electron chi connectivity index (χ0n) is 11.3. The van der Waals surface area contributed by atoms with Crippen molar-refractivity contribution in [1.29, 1.82) is 0 Å². The maximum Gasteiger partial charge on any atom is 0.0218 e. The van der Waals surface area contributed by atoms with E-state index in [0.29, 0.717) is 17.5 Å². The van der Waals surface area contributed by atoms with Gasteiger partial charge in [0.2, 0.25) is 0 Å². The lowest BCUT2D eigenvalue weighted by molar-refractivity contribution is 0.0724. The first-order chi connectivity index (χ1) is 6.82. The van der Waals surface area contributed by atoms with Crippen molar-refractivity contribution in [2.75, 3.05) is 19.6 Å². The zero-order chi connectivity index (χ0) is 11.6. The molecule has 2 nitrogen and oxygen atoms in total. The van der Waals surface area contributed by atoms with Crippen LogP contribution in [0.2, 0.25) is 0 Å². The summed E-state index contributed by atoms with van der Waals surface area (Å²) in [6.45, 7) is 17.5. The average Bonchev–Trinajstić information content (AvgIpc) is 2.15. The van der Waals surface area contributed by atoms with Gasteiger partial charge >= 0.3 is 0 Å². The van der Waals surface area contributed by atoms with Crippen molar-refractivity contribution < 1.29 is 0 Å². The Balaban J connectivity index is 2.56. The van der Waals surface area contributed by atoms with Crippen LogP contribution in [0.25, 0.3) is 0 Å². The van der Waals surface area contributed by atoms with Crippen LogP contribution in [0.5, 0.6) is 0 Å². The largest absolute Gasteiger partial charge is 0.311 e. The smallest absolute Gasteiger partial charge is 0.0218 e. The predicted octanol–water partition coefficient (Wildman–Crippen LogP) is 2.35. The first kappa shape index (κ1) is 13.0. The normalized spacial score (nSPS) is 27.0. The van der Waals surface area contributed by atoms with E-state index in [1.54, 1.807) is 0 Å². The standard InChI is InChI=1S/C13H28N2/c1-10(2)12-9-15(8-7-14-12)11(3)13(4,5)6/h10-12,14H,7-9H2,1-6H3. The second kappa shape index (κ2) is 4.84. The fourth-order valence-electron chi connectivity index (χ4n) is 2.15. The molecule has 0 aromatic rings. The summed E-state index contributed by atoms with van der Waals surface area (Å²) in [4.78, 5) is 2.64.